The van der Waals surface area contributed by atoms with E-state index in [1.165, 1.54) is 4.68 Å². The van der Waals surface area contributed by atoms with Crippen molar-refractivity contribution in [1.82, 2.24) is 9.66 Å². The van der Waals surface area contributed by atoms with Gasteiger partial charge >= 0.3 is 0 Å². The van der Waals surface area contributed by atoms with Crippen LogP contribution in [0.15, 0.2) is 62.9 Å². The van der Waals surface area contributed by atoms with Gasteiger partial charge in [-0.2, -0.15) is 9.78 Å². The van der Waals surface area contributed by atoms with Gasteiger partial charge < -0.3 is 4.74 Å². The number of fused-ring (bicyclic) bond motifs is 1. The third kappa shape index (κ3) is 6.25. The quantitative estimate of drug-likeness (QED) is 0.139. The molecule has 0 aliphatic heterocycles. The molecule has 0 fully saturated rings. The normalized spacial score (nSPS) is 12.4. The summed E-state index contributed by atoms with van der Waals surface area (Å²) in [5, 5.41) is 6.24. The first-order chi connectivity index (χ1) is 17.2. The number of ether oxygens (including phenoxy) is 1. The van der Waals surface area contributed by atoms with Gasteiger partial charge in [-0.25, -0.2) is 4.98 Å². The summed E-state index contributed by atoms with van der Waals surface area (Å²) < 4.78 is 10.1. The van der Waals surface area contributed by atoms with Crippen LogP contribution >= 0.6 is 84.3 Å². The molecule has 5 nitrogen and oxygen atoms in total. The topological polar surface area (TPSA) is 56.5 Å². The number of hydrogen-bond acceptors (Lipinski definition) is 4. The Morgan fingerprint density at radius 2 is 1.86 bits per heavy atom. The highest BCUT2D eigenvalue weighted by molar-refractivity contribution is 14.1. The lowest BCUT2D eigenvalue weighted by atomic mass is 10.1. The molecule has 0 aliphatic rings. The fourth-order valence-electron chi connectivity index (χ4n) is 3.48. The van der Waals surface area contributed by atoms with Crippen LogP contribution in [-0.2, 0) is 6.61 Å². The molecule has 1 heterocycles. The van der Waals surface area contributed by atoms with Crippen molar-refractivity contribution >= 4 is 101 Å². The highest BCUT2D eigenvalue weighted by Crippen LogP contribution is 2.31. The summed E-state index contributed by atoms with van der Waals surface area (Å²) in [4.78, 5) is 18.1. The summed E-state index contributed by atoms with van der Waals surface area (Å²) in [6.45, 7) is 4.43. The van der Waals surface area contributed by atoms with Crippen molar-refractivity contribution < 1.29 is 4.74 Å². The van der Waals surface area contributed by atoms with Gasteiger partial charge in [0, 0.05) is 26.0 Å². The van der Waals surface area contributed by atoms with Gasteiger partial charge in [0.2, 0.25) is 0 Å². The van der Waals surface area contributed by atoms with Crippen molar-refractivity contribution in [3.05, 3.63) is 97.5 Å². The van der Waals surface area contributed by atoms with Crippen molar-refractivity contribution in [2.75, 3.05) is 0 Å². The van der Waals surface area contributed by atoms with Gasteiger partial charge in [0.05, 0.1) is 24.3 Å². The predicted octanol–water partition coefficient (Wildman–Crippen LogP) is 8.65. The average molecular weight is 811 g/mol. The van der Waals surface area contributed by atoms with Gasteiger partial charge in [0.15, 0.2) is 0 Å². The molecular weight excluding hydrogens is 791 g/mol. The van der Waals surface area contributed by atoms with Crippen LogP contribution in [0.5, 0.6) is 5.75 Å². The molecule has 0 amide bonds. The highest BCUT2D eigenvalue weighted by atomic mass is 127. The molecule has 10 heteroatoms. The first kappa shape index (κ1) is 27.8. The molecule has 0 radical (unpaired) electrons. The molecule has 0 unspecified atom stereocenters. The molecule has 1 aromatic heterocycles. The third-order valence-electron chi connectivity index (χ3n) is 5.62. The van der Waals surface area contributed by atoms with Crippen LogP contribution in [0.3, 0.4) is 0 Å². The van der Waals surface area contributed by atoms with Gasteiger partial charge in [-0.1, -0.05) is 59.0 Å². The van der Waals surface area contributed by atoms with E-state index >= 15 is 0 Å². The molecule has 3 aromatic carbocycles. The first-order valence-electron chi connectivity index (χ1n) is 11.0. The fraction of sp³-hybridized carbons (Fsp3) is 0.192. The minimum absolute atomic E-state index is 0.0682. The third-order valence-corrected chi connectivity index (χ3v) is 8.30. The Morgan fingerprint density at radius 3 is 2.53 bits per heavy atom. The van der Waals surface area contributed by atoms with Gasteiger partial charge in [0.1, 0.15) is 18.2 Å². The van der Waals surface area contributed by atoms with Crippen molar-refractivity contribution in [2.45, 2.75) is 32.8 Å². The van der Waals surface area contributed by atoms with Crippen molar-refractivity contribution in [1.29, 1.82) is 0 Å². The molecule has 36 heavy (non-hydrogen) atoms. The highest BCUT2D eigenvalue weighted by Gasteiger charge is 2.16. The van der Waals surface area contributed by atoms with Crippen LogP contribution in [-0.4, -0.2) is 15.9 Å². The second kappa shape index (κ2) is 12.1. The van der Waals surface area contributed by atoms with E-state index < -0.39 is 0 Å². The molecule has 0 bridgehead atoms. The minimum Gasteiger partial charge on any atom is -0.487 e. The number of rotatable bonds is 7. The largest absolute Gasteiger partial charge is 0.487 e. The Kier molecular flexibility index (Phi) is 9.35. The smallest absolute Gasteiger partial charge is 0.282 e. The van der Waals surface area contributed by atoms with Gasteiger partial charge in [0.25, 0.3) is 5.56 Å². The van der Waals surface area contributed by atoms with E-state index in [4.69, 9.17) is 32.9 Å². The summed E-state index contributed by atoms with van der Waals surface area (Å²) >= 11 is 20.2. The summed E-state index contributed by atoms with van der Waals surface area (Å²) in [6, 6.07) is 14.8. The lowest BCUT2D eigenvalue weighted by Gasteiger charge is -2.14. The molecule has 186 valence electrons. The van der Waals surface area contributed by atoms with Crippen LogP contribution in [0.4, 0.5) is 0 Å². The van der Waals surface area contributed by atoms with Crippen LogP contribution < -0.4 is 10.3 Å². The molecule has 4 aromatic rings. The summed E-state index contributed by atoms with van der Waals surface area (Å²) in [7, 11) is 0. The maximum Gasteiger partial charge on any atom is 0.282 e. The zero-order chi connectivity index (χ0) is 26.0. The second-order valence-electron chi connectivity index (χ2n) is 8.14. The summed E-state index contributed by atoms with van der Waals surface area (Å²) in [5.41, 5.74) is 2.16. The van der Waals surface area contributed by atoms with Crippen LogP contribution in [0.25, 0.3) is 10.9 Å². The zero-order valence-electron chi connectivity index (χ0n) is 19.2. The van der Waals surface area contributed by atoms with E-state index in [2.05, 4.69) is 73.1 Å². The Balaban J connectivity index is 1.66. The Bertz CT molecular complexity index is 1520. The van der Waals surface area contributed by atoms with Crippen LogP contribution in [0.1, 0.15) is 43.1 Å². The molecule has 1 atom stereocenters. The molecule has 0 N–H and O–H groups in total. The molecule has 0 spiro atoms. The van der Waals surface area contributed by atoms with Crippen LogP contribution in [0, 0.1) is 7.14 Å². The molecule has 4 rings (SSSR count). The van der Waals surface area contributed by atoms with Crippen molar-refractivity contribution in [2.24, 2.45) is 5.10 Å². The lowest BCUT2D eigenvalue weighted by Crippen LogP contribution is -2.23. The van der Waals surface area contributed by atoms with E-state index in [0.717, 1.165) is 34.9 Å². The zero-order valence-corrected chi connectivity index (χ0v) is 26.6. The standard InChI is InChI=1S/C26H20BrCl2I2N3O2/c1-3-14(2)25-33-23-7-5-17(27)10-19(23)26(35)34(25)32-12-15-8-21(30)24(22(31)9-15)36-13-16-4-6-18(28)11-20(16)29/h4-12,14H,3,13H2,1-2H3/t14-/m1/s1. The molecule has 0 saturated carbocycles. The summed E-state index contributed by atoms with van der Waals surface area (Å²) in [5.74, 6) is 1.46. The van der Waals surface area contributed by atoms with E-state index in [9.17, 15) is 4.79 Å². The molecule has 0 aliphatic carbocycles. The number of halogens is 5. The number of hydrogen-bond donors (Lipinski definition) is 0. The van der Waals surface area contributed by atoms with E-state index in [0.29, 0.717) is 33.4 Å². The minimum atomic E-state index is -0.197. The van der Waals surface area contributed by atoms with Gasteiger partial charge in [-0.05, 0) is 99.6 Å². The monoisotopic (exact) mass is 809 g/mol. The van der Waals surface area contributed by atoms with E-state index in [1.807, 2.05) is 37.3 Å². The second-order valence-corrected chi connectivity index (χ2v) is 12.2. The van der Waals surface area contributed by atoms with Gasteiger partial charge in [-0.3, -0.25) is 4.79 Å². The maximum atomic E-state index is 13.3. The Morgan fingerprint density at radius 1 is 1.14 bits per heavy atom. The summed E-state index contributed by atoms with van der Waals surface area (Å²) in [6.07, 6.45) is 2.52. The number of aromatic nitrogens is 2. The number of benzene rings is 3. The lowest BCUT2D eigenvalue weighted by molar-refractivity contribution is 0.302. The molecular formula is C26H20BrCl2I2N3O2. The average Bonchev–Trinajstić information content (AvgIpc) is 2.83. The maximum absolute atomic E-state index is 13.3. The SMILES string of the molecule is CC[C@@H](C)c1nc2ccc(Br)cc2c(=O)n1N=Cc1cc(I)c(OCc2ccc(Cl)cc2Cl)c(I)c1. The Hall–Kier alpha value is -1.21. The fourth-order valence-corrected chi connectivity index (χ4v) is 6.44. The number of nitrogens with zero attached hydrogens (tertiary/aromatic N) is 3. The van der Waals surface area contributed by atoms with Gasteiger partial charge in [-0.15, -0.1) is 0 Å². The molecule has 0 saturated heterocycles. The van der Waals surface area contributed by atoms with Crippen LogP contribution in [0.2, 0.25) is 10.0 Å². The Labute approximate surface area is 254 Å². The predicted molar refractivity (Wildman–Crippen MR) is 168 cm³/mol. The van der Waals surface area contributed by atoms with E-state index in [1.54, 1.807) is 24.4 Å². The van der Waals surface area contributed by atoms with Crippen molar-refractivity contribution in [3.8, 4) is 5.75 Å². The van der Waals surface area contributed by atoms with E-state index in [-0.39, 0.29) is 11.5 Å². The van der Waals surface area contributed by atoms with Crippen molar-refractivity contribution in [3.63, 3.8) is 0 Å². The first-order valence-corrected chi connectivity index (χ1v) is 14.7.